The molecule has 1 fully saturated rings. The van der Waals surface area contributed by atoms with Gasteiger partial charge in [0.2, 0.25) is 0 Å². The minimum atomic E-state index is -0.791. The first kappa shape index (κ1) is 15.4. The highest BCUT2D eigenvalue weighted by molar-refractivity contribution is 5.22. The molecule has 1 N–H and O–H groups in total. The van der Waals surface area contributed by atoms with E-state index in [9.17, 15) is 8.78 Å². The zero-order valence-electron chi connectivity index (χ0n) is 12.0. The Hall–Kier alpha value is -1.04. The molecule has 2 rings (SSSR count). The molecule has 0 spiro atoms. The highest BCUT2D eigenvalue weighted by atomic mass is 19.2. The first-order valence-corrected chi connectivity index (χ1v) is 7.02. The second kappa shape index (κ2) is 7.11. The molecule has 112 valence electrons. The Kier molecular flexibility index (Phi) is 5.46. The Balaban J connectivity index is 1.96. The SMILES string of the molecule is CNC(CCN(C)C1CCOC1)c1cccc(F)c1F. The molecule has 0 saturated carbocycles. The van der Waals surface area contributed by atoms with Crippen molar-refractivity contribution in [1.29, 1.82) is 0 Å². The normalized spacial score (nSPS) is 20.6. The second-order valence-electron chi connectivity index (χ2n) is 5.27. The monoisotopic (exact) mass is 284 g/mol. The Bertz CT molecular complexity index is 436. The highest BCUT2D eigenvalue weighted by Gasteiger charge is 2.22. The minimum Gasteiger partial charge on any atom is -0.380 e. The molecule has 2 atom stereocenters. The van der Waals surface area contributed by atoms with Crippen LogP contribution in [0.3, 0.4) is 0 Å². The third-order valence-corrected chi connectivity index (χ3v) is 4.00. The van der Waals surface area contributed by atoms with Gasteiger partial charge in [-0.25, -0.2) is 8.78 Å². The van der Waals surface area contributed by atoms with Crippen molar-refractivity contribution < 1.29 is 13.5 Å². The van der Waals surface area contributed by atoms with Crippen LogP contribution in [0.2, 0.25) is 0 Å². The number of halogens is 2. The largest absolute Gasteiger partial charge is 0.380 e. The molecule has 1 aromatic carbocycles. The van der Waals surface area contributed by atoms with Crippen molar-refractivity contribution in [1.82, 2.24) is 10.2 Å². The predicted octanol–water partition coefficient (Wildman–Crippen LogP) is 2.34. The fraction of sp³-hybridized carbons (Fsp3) is 0.600. The topological polar surface area (TPSA) is 24.5 Å². The lowest BCUT2D eigenvalue weighted by molar-refractivity contribution is 0.156. The summed E-state index contributed by atoms with van der Waals surface area (Å²) in [6, 6.07) is 4.58. The Morgan fingerprint density at radius 3 is 2.90 bits per heavy atom. The van der Waals surface area contributed by atoms with Crippen LogP contribution >= 0.6 is 0 Å². The third-order valence-electron chi connectivity index (χ3n) is 4.00. The van der Waals surface area contributed by atoms with Crippen LogP contribution in [0.15, 0.2) is 18.2 Å². The van der Waals surface area contributed by atoms with Gasteiger partial charge in [0.1, 0.15) is 0 Å². The van der Waals surface area contributed by atoms with Gasteiger partial charge in [0, 0.05) is 30.8 Å². The van der Waals surface area contributed by atoms with Crippen LogP contribution in [0.1, 0.15) is 24.4 Å². The van der Waals surface area contributed by atoms with Crippen LogP contribution in [0.5, 0.6) is 0 Å². The molecule has 1 heterocycles. The molecular formula is C15H22F2N2O. The summed E-state index contributed by atoms with van der Waals surface area (Å²) >= 11 is 0. The molecule has 1 aliphatic rings. The molecule has 2 unspecified atom stereocenters. The molecule has 0 aromatic heterocycles. The smallest absolute Gasteiger partial charge is 0.163 e. The molecule has 0 radical (unpaired) electrons. The lowest BCUT2D eigenvalue weighted by Crippen LogP contribution is -2.34. The summed E-state index contributed by atoms with van der Waals surface area (Å²) < 4.78 is 32.5. The standard InChI is InChI=1S/C15H22F2N2O/c1-18-14(12-4-3-5-13(16)15(12)17)6-8-19(2)11-7-9-20-10-11/h3-5,11,14,18H,6-10H2,1-2H3. The molecule has 1 aliphatic heterocycles. The quantitative estimate of drug-likeness (QED) is 0.868. The van der Waals surface area contributed by atoms with Crippen LogP contribution in [-0.2, 0) is 4.74 Å². The van der Waals surface area contributed by atoms with Crippen molar-refractivity contribution in [2.45, 2.75) is 24.9 Å². The van der Waals surface area contributed by atoms with Gasteiger partial charge in [0.25, 0.3) is 0 Å². The van der Waals surface area contributed by atoms with E-state index in [-0.39, 0.29) is 6.04 Å². The van der Waals surface area contributed by atoms with E-state index in [0.29, 0.717) is 11.6 Å². The number of benzene rings is 1. The van der Waals surface area contributed by atoms with Gasteiger partial charge in [-0.2, -0.15) is 0 Å². The maximum absolute atomic E-state index is 13.8. The summed E-state index contributed by atoms with van der Waals surface area (Å²) in [5, 5.41) is 3.07. The van der Waals surface area contributed by atoms with Gasteiger partial charge < -0.3 is 15.0 Å². The summed E-state index contributed by atoms with van der Waals surface area (Å²) in [5.41, 5.74) is 0.392. The molecule has 1 aromatic rings. The number of likely N-dealkylation sites (N-methyl/N-ethyl adjacent to an activating group) is 1. The predicted molar refractivity (Wildman–Crippen MR) is 74.6 cm³/mol. The molecule has 1 saturated heterocycles. The lowest BCUT2D eigenvalue weighted by atomic mass is 10.0. The van der Waals surface area contributed by atoms with E-state index < -0.39 is 11.6 Å². The van der Waals surface area contributed by atoms with Gasteiger partial charge in [-0.1, -0.05) is 12.1 Å². The third kappa shape index (κ3) is 3.53. The van der Waals surface area contributed by atoms with Crippen LogP contribution in [0, 0.1) is 11.6 Å². The fourth-order valence-electron chi connectivity index (χ4n) is 2.63. The highest BCUT2D eigenvalue weighted by Crippen LogP contribution is 2.22. The van der Waals surface area contributed by atoms with Crippen LogP contribution < -0.4 is 5.32 Å². The summed E-state index contributed by atoms with van der Waals surface area (Å²) in [4.78, 5) is 2.23. The average molecular weight is 284 g/mol. The fourth-order valence-corrected chi connectivity index (χ4v) is 2.63. The average Bonchev–Trinajstić information content (AvgIpc) is 2.97. The van der Waals surface area contributed by atoms with Gasteiger partial charge in [-0.05, 0) is 33.0 Å². The first-order valence-electron chi connectivity index (χ1n) is 7.02. The van der Waals surface area contributed by atoms with Crippen molar-refractivity contribution in [2.24, 2.45) is 0 Å². The van der Waals surface area contributed by atoms with E-state index in [1.165, 1.54) is 0 Å². The maximum Gasteiger partial charge on any atom is 0.163 e. The van der Waals surface area contributed by atoms with Gasteiger partial charge >= 0.3 is 0 Å². The number of nitrogens with zero attached hydrogens (tertiary/aromatic N) is 1. The van der Waals surface area contributed by atoms with E-state index in [1.54, 1.807) is 19.2 Å². The maximum atomic E-state index is 13.8. The molecule has 3 nitrogen and oxygen atoms in total. The van der Waals surface area contributed by atoms with Crippen molar-refractivity contribution in [3.05, 3.63) is 35.4 Å². The molecule has 0 bridgehead atoms. The van der Waals surface area contributed by atoms with E-state index in [0.717, 1.165) is 38.7 Å². The van der Waals surface area contributed by atoms with Crippen LogP contribution in [0.25, 0.3) is 0 Å². The number of nitrogens with one attached hydrogen (secondary N) is 1. The van der Waals surface area contributed by atoms with Crippen LogP contribution in [0.4, 0.5) is 8.78 Å². The zero-order valence-corrected chi connectivity index (χ0v) is 12.0. The lowest BCUT2D eigenvalue weighted by Gasteiger charge is -2.25. The Morgan fingerprint density at radius 1 is 1.45 bits per heavy atom. The van der Waals surface area contributed by atoms with E-state index in [1.807, 2.05) is 7.05 Å². The van der Waals surface area contributed by atoms with Crippen molar-refractivity contribution in [3.8, 4) is 0 Å². The Morgan fingerprint density at radius 2 is 2.25 bits per heavy atom. The Labute approximate surface area is 118 Å². The van der Waals surface area contributed by atoms with Gasteiger partial charge in [0.15, 0.2) is 11.6 Å². The summed E-state index contributed by atoms with van der Waals surface area (Å²) in [7, 11) is 3.82. The zero-order chi connectivity index (χ0) is 14.5. The van der Waals surface area contributed by atoms with Crippen molar-refractivity contribution >= 4 is 0 Å². The summed E-state index contributed by atoms with van der Waals surface area (Å²) in [6.45, 7) is 2.38. The van der Waals surface area contributed by atoms with Crippen molar-refractivity contribution in [3.63, 3.8) is 0 Å². The second-order valence-corrected chi connectivity index (χ2v) is 5.27. The number of hydrogen-bond donors (Lipinski definition) is 1. The molecule has 5 heteroatoms. The molecule has 20 heavy (non-hydrogen) atoms. The number of rotatable bonds is 6. The van der Waals surface area contributed by atoms with Gasteiger partial charge in [-0.3, -0.25) is 0 Å². The van der Waals surface area contributed by atoms with Crippen molar-refractivity contribution in [2.75, 3.05) is 33.9 Å². The van der Waals surface area contributed by atoms with E-state index >= 15 is 0 Å². The first-order chi connectivity index (χ1) is 9.63. The van der Waals surface area contributed by atoms with Crippen LogP contribution in [-0.4, -0.2) is 44.8 Å². The van der Waals surface area contributed by atoms with E-state index in [2.05, 4.69) is 10.2 Å². The molecule has 0 amide bonds. The number of hydrogen-bond acceptors (Lipinski definition) is 3. The number of ether oxygens (including phenoxy) is 1. The molecular weight excluding hydrogens is 262 g/mol. The van der Waals surface area contributed by atoms with Gasteiger partial charge in [-0.15, -0.1) is 0 Å². The summed E-state index contributed by atoms with van der Waals surface area (Å²) in [5.74, 6) is -1.54. The van der Waals surface area contributed by atoms with E-state index in [4.69, 9.17) is 4.74 Å². The summed E-state index contributed by atoms with van der Waals surface area (Å²) in [6.07, 6.45) is 1.76. The van der Waals surface area contributed by atoms with Gasteiger partial charge in [0.05, 0.1) is 6.61 Å². The molecule has 0 aliphatic carbocycles. The minimum absolute atomic E-state index is 0.185.